The zero-order chi connectivity index (χ0) is 20.1. The predicted molar refractivity (Wildman–Crippen MR) is 110 cm³/mol. The third-order valence-corrected chi connectivity index (χ3v) is 4.82. The van der Waals surface area contributed by atoms with Crippen molar-refractivity contribution < 1.29 is 9.53 Å². The van der Waals surface area contributed by atoms with Crippen LogP contribution in [0, 0.1) is 6.92 Å². The van der Waals surface area contributed by atoms with E-state index in [-0.39, 0.29) is 12.5 Å². The molecule has 1 amide bonds. The van der Waals surface area contributed by atoms with Crippen LogP contribution in [-0.2, 0) is 17.6 Å². The Bertz CT molecular complexity index is 979. The Hall–Kier alpha value is -3.48. The Kier molecular flexibility index (Phi) is 5.65. The number of ether oxygens (including phenoxy) is 1. The van der Waals surface area contributed by atoms with Crippen LogP contribution in [0.1, 0.15) is 17.1 Å². The quantitative estimate of drug-likeness (QED) is 0.723. The van der Waals surface area contributed by atoms with Crippen molar-refractivity contribution in [1.29, 1.82) is 0 Å². The molecule has 7 nitrogen and oxygen atoms in total. The van der Waals surface area contributed by atoms with Crippen LogP contribution in [0.25, 0.3) is 0 Å². The van der Waals surface area contributed by atoms with Gasteiger partial charge >= 0.3 is 0 Å². The molecule has 1 aliphatic rings. The van der Waals surface area contributed by atoms with E-state index in [1.54, 1.807) is 6.20 Å². The van der Waals surface area contributed by atoms with Crippen LogP contribution in [0.4, 0.5) is 11.6 Å². The van der Waals surface area contributed by atoms with Crippen molar-refractivity contribution in [2.24, 2.45) is 0 Å². The van der Waals surface area contributed by atoms with E-state index < -0.39 is 0 Å². The van der Waals surface area contributed by atoms with Crippen molar-refractivity contribution in [1.82, 2.24) is 19.9 Å². The lowest BCUT2D eigenvalue weighted by Crippen LogP contribution is -2.36. The highest BCUT2D eigenvalue weighted by Crippen LogP contribution is 2.24. The molecular weight excluding hydrogens is 366 g/mol. The zero-order valence-corrected chi connectivity index (χ0v) is 16.3. The van der Waals surface area contributed by atoms with E-state index in [0.29, 0.717) is 37.5 Å². The van der Waals surface area contributed by atoms with Gasteiger partial charge in [-0.25, -0.2) is 15.0 Å². The molecule has 0 saturated carbocycles. The van der Waals surface area contributed by atoms with Gasteiger partial charge in [0.05, 0.1) is 5.69 Å². The summed E-state index contributed by atoms with van der Waals surface area (Å²) in [5.74, 6) is 2.88. The fourth-order valence-electron chi connectivity index (χ4n) is 3.39. The van der Waals surface area contributed by atoms with Gasteiger partial charge in [-0.05, 0) is 37.6 Å². The topological polar surface area (TPSA) is 80.2 Å². The number of pyridine rings is 1. The van der Waals surface area contributed by atoms with E-state index in [0.717, 1.165) is 22.9 Å². The van der Waals surface area contributed by atoms with E-state index in [9.17, 15) is 4.79 Å². The minimum atomic E-state index is -0.0226. The number of hydrogen-bond acceptors (Lipinski definition) is 6. The summed E-state index contributed by atoms with van der Waals surface area (Å²) in [6.07, 6.45) is 3.11. The second-order valence-corrected chi connectivity index (χ2v) is 6.87. The Morgan fingerprint density at radius 1 is 1.07 bits per heavy atom. The maximum Gasteiger partial charge on any atom is 0.260 e. The first-order chi connectivity index (χ1) is 14.2. The van der Waals surface area contributed by atoms with E-state index >= 15 is 0 Å². The van der Waals surface area contributed by atoms with Crippen molar-refractivity contribution >= 4 is 17.5 Å². The normalized spacial score (nSPS) is 13.3. The average Bonchev–Trinajstić information content (AvgIpc) is 2.96. The third kappa shape index (κ3) is 4.68. The summed E-state index contributed by atoms with van der Waals surface area (Å²) in [5, 5.41) is 3.30. The highest BCUT2D eigenvalue weighted by atomic mass is 16.5. The number of carbonyl (C=O) groups is 1. The molecule has 29 heavy (non-hydrogen) atoms. The largest absolute Gasteiger partial charge is 0.484 e. The molecule has 0 saturated heterocycles. The van der Waals surface area contributed by atoms with Gasteiger partial charge in [-0.2, -0.15) is 0 Å². The SMILES string of the molecule is Cc1nc2c(c(Nc3ccccn3)n1)CCN(C(=O)COc1ccccc1)CC2. The van der Waals surface area contributed by atoms with Crippen LogP contribution in [-0.4, -0.2) is 45.5 Å². The van der Waals surface area contributed by atoms with Crippen LogP contribution in [0.5, 0.6) is 5.75 Å². The van der Waals surface area contributed by atoms with Crippen molar-refractivity contribution in [3.8, 4) is 5.75 Å². The molecule has 3 heterocycles. The number of carbonyl (C=O) groups excluding carboxylic acids is 1. The van der Waals surface area contributed by atoms with E-state index in [4.69, 9.17) is 4.74 Å². The van der Waals surface area contributed by atoms with Crippen molar-refractivity contribution in [2.45, 2.75) is 19.8 Å². The first-order valence-electron chi connectivity index (χ1n) is 9.69. The Labute approximate surface area is 169 Å². The molecule has 148 valence electrons. The summed E-state index contributed by atoms with van der Waals surface area (Å²) in [4.78, 5) is 28.0. The molecule has 0 aliphatic carbocycles. The number of aromatic nitrogens is 3. The summed E-state index contributed by atoms with van der Waals surface area (Å²) in [6, 6.07) is 15.1. The first-order valence-corrected chi connectivity index (χ1v) is 9.69. The molecular formula is C22H23N5O2. The van der Waals surface area contributed by atoms with Crippen LogP contribution in [0.15, 0.2) is 54.7 Å². The lowest BCUT2D eigenvalue weighted by Gasteiger charge is -2.20. The van der Waals surface area contributed by atoms with Gasteiger partial charge < -0.3 is 15.0 Å². The molecule has 1 N–H and O–H groups in total. The number of nitrogens with zero attached hydrogens (tertiary/aromatic N) is 4. The molecule has 1 aromatic carbocycles. The van der Waals surface area contributed by atoms with Gasteiger partial charge in [0.2, 0.25) is 0 Å². The van der Waals surface area contributed by atoms with Crippen molar-refractivity contribution in [2.75, 3.05) is 25.0 Å². The Morgan fingerprint density at radius 2 is 1.86 bits per heavy atom. The summed E-state index contributed by atoms with van der Waals surface area (Å²) in [6.45, 7) is 3.13. The van der Waals surface area contributed by atoms with E-state index in [1.165, 1.54) is 0 Å². The smallest absolute Gasteiger partial charge is 0.260 e. The van der Waals surface area contributed by atoms with E-state index in [2.05, 4.69) is 20.3 Å². The lowest BCUT2D eigenvalue weighted by molar-refractivity contribution is -0.133. The Morgan fingerprint density at radius 3 is 2.66 bits per heavy atom. The Balaban J connectivity index is 1.45. The number of hydrogen-bond donors (Lipinski definition) is 1. The number of rotatable bonds is 5. The van der Waals surface area contributed by atoms with Crippen molar-refractivity contribution in [3.05, 3.63) is 71.8 Å². The van der Waals surface area contributed by atoms with Crippen LogP contribution < -0.4 is 10.1 Å². The van der Waals surface area contributed by atoms with Gasteiger partial charge in [0.25, 0.3) is 5.91 Å². The van der Waals surface area contributed by atoms with Gasteiger partial charge in [0.15, 0.2) is 6.61 Å². The fraction of sp³-hybridized carbons (Fsp3) is 0.273. The van der Waals surface area contributed by atoms with Gasteiger partial charge in [-0.1, -0.05) is 24.3 Å². The summed E-state index contributed by atoms with van der Waals surface area (Å²) < 4.78 is 5.62. The fourth-order valence-corrected chi connectivity index (χ4v) is 3.39. The predicted octanol–water partition coefficient (Wildman–Crippen LogP) is 2.93. The molecule has 1 aliphatic heterocycles. The maximum absolute atomic E-state index is 12.7. The molecule has 0 fully saturated rings. The maximum atomic E-state index is 12.7. The molecule has 0 unspecified atom stereocenters. The molecule has 2 aromatic heterocycles. The molecule has 0 atom stereocenters. The summed E-state index contributed by atoms with van der Waals surface area (Å²) in [7, 11) is 0. The monoisotopic (exact) mass is 389 g/mol. The zero-order valence-electron chi connectivity index (χ0n) is 16.3. The van der Waals surface area contributed by atoms with Gasteiger partial charge in [0, 0.05) is 31.3 Å². The number of para-hydroxylation sites is 1. The van der Waals surface area contributed by atoms with Crippen LogP contribution in [0.3, 0.4) is 0 Å². The van der Waals surface area contributed by atoms with Crippen LogP contribution >= 0.6 is 0 Å². The second-order valence-electron chi connectivity index (χ2n) is 6.87. The number of anilines is 2. The number of nitrogens with one attached hydrogen (secondary N) is 1. The minimum absolute atomic E-state index is 0.0226. The standard InChI is InChI=1S/C22H23N5O2/c1-16-24-19-11-14-27(21(28)15-29-17-7-3-2-4-8-17)13-10-18(19)22(25-16)26-20-9-5-6-12-23-20/h2-9,12H,10-11,13-15H2,1H3,(H,23,24,25,26). The summed E-state index contributed by atoms with van der Waals surface area (Å²) in [5.41, 5.74) is 2.02. The molecule has 7 heteroatoms. The third-order valence-electron chi connectivity index (χ3n) is 4.82. The highest BCUT2D eigenvalue weighted by Gasteiger charge is 2.23. The molecule has 0 radical (unpaired) electrons. The lowest BCUT2D eigenvalue weighted by atomic mass is 10.1. The molecule has 3 aromatic rings. The van der Waals surface area contributed by atoms with Gasteiger partial charge in [0.1, 0.15) is 23.2 Å². The average molecular weight is 389 g/mol. The molecule has 0 bridgehead atoms. The molecule has 4 rings (SSSR count). The molecule has 0 spiro atoms. The number of fused-ring (bicyclic) bond motifs is 1. The van der Waals surface area contributed by atoms with Crippen LogP contribution in [0.2, 0.25) is 0 Å². The van der Waals surface area contributed by atoms with Crippen molar-refractivity contribution in [3.63, 3.8) is 0 Å². The number of amides is 1. The van der Waals surface area contributed by atoms with Gasteiger partial charge in [-0.3, -0.25) is 4.79 Å². The number of aryl methyl sites for hydroxylation is 1. The van der Waals surface area contributed by atoms with Gasteiger partial charge in [-0.15, -0.1) is 0 Å². The minimum Gasteiger partial charge on any atom is -0.484 e. The highest BCUT2D eigenvalue weighted by molar-refractivity contribution is 5.78. The second kappa shape index (κ2) is 8.68. The first kappa shape index (κ1) is 18.9. The summed E-state index contributed by atoms with van der Waals surface area (Å²) >= 11 is 0. The van der Waals surface area contributed by atoms with E-state index in [1.807, 2.05) is 60.4 Å². The number of benzene rings is 1.